The number of rotatable bonds is 4. The molecule has 0 aliphatic carbocycles. The van der Waals surface area contributed by atoms with Crippen LogP contribution in [-0.2, 0) is 14.2 Å². The van der Waals surface area contributed by atoms with Gasteiger partial charge in [-0.2, -0.15) is 0 Å². The number of carbonyl (C=O) groups is 1. The fraction of sp³-hybridized carbons (Fsp3) is 0.500. The molecule has 1 aromatic rings. The van der Waals surface area contributed by atoms with Gasteiger partial charge in [-0.3, -0.25) is 0 Å². The van der Waals surface area contributed by atoms with Gasteiger partial charge >= 0.3 is 5.97 Å². The third-order valence-electron chi connectivity index (χ3n) is 3.36. The largest absolute Gasteiger partial charge is 0.456 e. The molecule has 0 spiro atoms. The normalized spacial score (nSPS) is 28.5. The van der Waals surface area contributed by atoms with Gasteiger partial charge < -0.3 is 14.2 Å². The van der Waals surface area contributed by atoms with Gasteiger partial charge in [0.15, 0.2) is 6.29 Å². The van der Waals surface area contributed by atoms with E-state index in [1.165, 1.54) is 7.11 Å². The van der Waals surface area contributed by atoms with Gasteiger partial charge in [0.1, 0.15) is 6.10 Å². The van der Waals surface area contributed by atoms with Crippen molar-refractivity contribution < 1.29 is 19.0 Å². The number of ether oxygens (including phenoxy) is 3. The van der Waals surface area contributed by atoms with Crippen molar-refractivity contribution in [2.45, 2.75) is 37.9 Å². The Bertz CT molecular complexity index is 530. The lowest BCUT2D eigenvalue weighted by molar-refractivity contribution is -0.211. The third kappa shape index (κ3) is 3.72. The van der Waals surface area contributed by atoms with Crippen molar-refractivity contribution in [2.24, 2.45) is 5.11 Å². The molecule has 1 aliphatic heterocycles. The molecule has 0 N–H and O–H groups in total. The Morgan fingerprint density at radius 1 is 1.43 bits per heavy atom. The number of nitrogens with zero attached hydrogens (tertiary/aromatic N) is 3. The van der Waals surface area contributed by atoms with Gasteiger partial charge in [-0.1, -0.05) is 23.3 Å². The standard InChI is InChI=1S/C14H17N3O4/c1-9-13(11(16-17-15)8-12(19-2)20-9)21-14(18)10-6-4-3-5-7-10/h3-7,9,11-13H,8H2,1-2H3. The smallest absolute Gasteiger partial charge is 0.338 e. The molecule has 0 saturated carbocycles. The second kappa shape index (κ2) is 7.08. The second-order valence-corrected chi connectivity index (χ2v) is 4.75. The van der Waals surface area contributed by atoms with Crippen LogP contribution in [0.1, 0.15) is 23.7 Å². The summed E-state index contributed by atoms with van der Waals surface area (Å²) in [6.07, 6.45) is -1.19. The van der Waals surface area contributed by atoms with E-state index < -0.39 is 30.5 Å². The molecule has 0 bridgehead atoms. The molecule has 7 heteroatoms. The van der Waals surface area contributed by atoms with Crippen LogP contribution in [0.2, 0.25) is 0 Å². The van der Waals surface area contributed by atoms with Gasteiger partial charge in [-0.25, -0.2) is 4.79 Å². The monoisotopic (exact) mass is 291 g/mol. The summed E-state index contributed by atoms with van der Waals surface area (Å²) in [6, 6.07) is 8.13. The summed E-state index contributed by atoms with van der Waals surface area (Å²) < 4.78 is 16.2. The molecule has 1 fully saturated rings. The minimum atomic E-state index is -0.639. The average molecular weight is 291 g/mol. The van der Waals surface area contributed by atoms with Crippen molar-refractivity contribution in [1.82, 2.24) is 0 Å². The maximum Gasteiger partial charge on any atom is 0.338 e. The maximum atomic E-state index is 12.1. The van der Waals surface area contributed by atoms with Gasteiger partial charge in [-0.15, -0.1) is 0 Å². The average Bonchev–Trinajstić information content (AvgIpc) is 2.51. The summed E-state index contributed by atoms with van der Waals surface area (Å²) >= 11 is 0. The van der Waals surface area contributed by atoms with Crippen LogP contribution in [0.15, 0.2) is 35.4 Å². The zero-order valence-electron chi connectivity index (χ0n) is 11.9. The summed E-state index contributed by atoms with van der Waals surface area (Å²) in [4.78, 5) is 14.9. The van der Waals surface area contributed by atoms with E-state index in [9.17, 15) is 4.79 Å². The van der Waals surface area contributed by atoms with Crippen LogP contribution in [0.4, 0.5) is 0 Å². The lowest BCUT2D eigenvalue weighted by Crippen LogP contribution is -2.48. The minimum absolute atomic E-state index is 0.345. The maximum absolute atomic E-state index is 12.1. The molecule has 1 aromatic carbocycles. The first-order valence-corrected chi connectivity index (χ1v) is 6.64. The highest BCUT2D eigenvalue weighted by Gasteiger charge is 2.39. The van der Waals surface area contributed by atoms with Gasteiger partial charge in [0.05, 0.1) is 17.7 Å². The predicted molar refractivity (Wildman–Crippen MR) is 74.5 cm³/mol. The van der Waals surface area contributed by atoms with E-state index >= 15 is 0 Å². The first-order valence-electron chi connectivity index (χ1n) is 6.64. The van der Waals surface area contributed by atoms with Crippen molar-refractivity contribution in [1.29, 1.82) is 0 Å². The second-order valence-electron chi connectivity index (χ2n) is 4.75. The first-order chi connectivity index (χ1) is 10.2. The van der Waals surface area contributed by atoms with Crippen molar-refractivity contribution >= 4 is 5.97 Å². The van der Waals surface area contributed by atoms with E-state index in [0.717, 1.165) is 0 Å². The SMILES string of the molecule is COC1CC(N=[N+]=[N-])C(OC(=O)c2ccccc2)C(C)O1. The highest BCUT2D eigenvalue weighted by molar-refractivity contribution is 5.89. The van der Waals surface area contributed by atoms with Gasteiger partial charge in [0, 0.05) is 18.4 Å². The molecule has 4 atom stereocenters. The Hall–Kier alpha value is -2.08. The molecule has 2 rings (SSSR count). The highest BCUT2D eigenvalue weighted by atomic mass is 16.7. The number of carbonyl (C=O) groups excluding carboxylic acids is 1. The van der Waals surface area contributed by atoms with Crippen LogP contribution in [0.3, 0.4) is 0 Å². The molecule has 112 valence electrons. The molecular formula is C14H17N3O4. The first kappa shape index (κ1) is 15.3. The summed E-state index contributed by atoms with van der Waals surface area (Å²) in [5, 5.41) is 3.70. The summed E-state index contributed by atoms with van der Waals surface area (Å²) in [7, 11) is 1.51. The van der Waals surface area contributed by atoms with Crippen molar-refractivity contribution in [3.8, 4) is 0 Å². The van der Waals surface area contributed by atoms with Crippen molar-refractivity contribution in [2.75, 3.05) is 7.11 Å². The van der Waals surface area contributed by atoms with Gasteiger partial charge in [-0.05, 0) is 24.6 Å². The summed E-state index contributed by atoms with van der Waals surface area (Å²) in [5.74, 6) is -0.468. The van der Waals surface area contributed by atoms with Crippen LogP contribution < -0.4 is 0 Å². The molecule has 7 nitrogen and oxygen atoms in total. The van der Waals surface area contributed by atoms with E-state index in [2.05, 4.69) is 10.0 Å². The molecule has 1 heterocycles. The number of hydrogen-bond acceptors (Lipinski definition) is 5. The quantitative estimate of drug-likeness (QED) is 0.369. The highest BCUT2D eigenvalue weighted by Crippen LogP contribution is 2.26. The van der Waals surface area contributed by atoms with E-state index in [0.29, 0.717) is 12.0 Å². The van der Waals surface area contributed by atoms with Crippen LogP contribution in [0.5, 0.6) is 0 Å². The van der Waals surface area contributed by atoms with E-state index in [4.69, 9.17) is 19.7 Å². The molecule has 4 unspecified atom stereocenters. The molecule has 0 aromatic heterocycles. The molecular weight excluding hydrogens is 274 g/mol. The van der Waals surface area contributed by atoms with Crippen LogP contribution in [0.25, 0.3) is 10.4 Å². The Balaban J connectivity index is 2.12. The predicted octanol–water partition coefficient (Wildman–Crippen LogP) is 2.67. The fourth-order valence-electron chi connectivity index (χ4n) is 2.29. The Labute approximate surface area is 122 Å². The molecule has 0 radical (unpaired) electrons. The van der Waals surface area contributed by atoms with Crippen LogP contribution >= 0.6 is 0 Å². The lowest BCUT2D eigenvalue weighted by Gasteiger charge is -2.37. The number of azide groups is 1. The third-order valence-corrected chi connectivity index (χ3v) is 3.36. The number of benzene rings is 1. The van der Waals surface area contributed by atoms with Crippen LogP contribution in [-0.4, -0.2) is 37.6 Å². The zero-order valence-corrected chi connectivity index (χ0v) is 11.9. The van der Waals surface area contributed by atoms with E-state index in [1.54, 1.807) is 31.2 Å². The van der Waals surface area contributed by atoms with Gasteiger partial charge in [0.2, 0.25) is 0 Å². The molecule has 1 aliphatic rings. The Morgan fingerprint density at radius 3 is 2.76 bits per heavy atom. The van der Waals surface area contributed by atoms with E-state index in [1.807, 2.05) is 6.07 Å². The fourth-order valence-corrected chi connectivity index (χ4v) is 2.29. The molecule has 0 amide bonds. The number of methoxy groups -OCH3 is 1. The van der Waals surface area contributed by atoms with Crippen LogP contribution in [0, 0.1) is 0 Å². The lowest BCUT2D eigenvalue weighted by atomic mass is 10.00. The summed E-state index contributed by atoms with van der Waals surface area (Å²) in [5.41, 5.74) is 9.11. The molecule has 21 heavy (non-hydrogen) atoms. The molecule has 1 saturated heterocycles. The Morgan fingerprint density at radius 2 is 2.14 bits per heavy atom. The Kier molecular flexibility index (Phi) is 5.16. The van der Waals surface area contributed by atoms with E-state index in [-0.39, 0.29) is 0 Å². The minimum Gasteiger partial charge on any atom is -0.456 e. The van der Waals surface area contributed by atoms with Crippen molar-refractivity contribution in [3.05, 3.63) is 46.3 Å². The van der Waals surface area contributed by atoms with Gasteiger partial charge in [0.25, 0.3) is 0 Å². The number of hydrogen-bond donors (Lipinski definition) is 0. The topological polar surface area (TPSA) is 93.5 Å². The van der Waals surface area contributed by atoms with Crippen molar-refractivity contribution in [3.63, 3.8) is 0 Å². The summed E-state index contributed by atoms with van der Waals surface area (Å²) in [6.45, 7) is 1.76. The zero-order chi connectivity index (χ0) is 15.2. The number of esters is 1.